The van der Waals surface area contributed by atoms with Crippen molar-refractivity contribution in [3.05, 3.63) is 29.6 Å². The Morgan fingerprint density at radius 3 is 2.35 bits per heavy atom. The zero-order chi connectivity index (χ0) is 13.1. The number of nitrogens with one attached hydrogen (secondary N) is 1. The summed E-state index contributed by atoms with van der Waals surface area (Å²) in [6.45, 7) is 5.38. The molecule has 94 valence electrons. The molecule has 0 aliphatic carbocycles. The second-order valence-corrected chi connectivity index (χ2v) is 4.24. The molecule has 0 saturated heterocycles. The molecule has 1 aromatic carbocycles. The minimum atomic E-state index is -1.03. The summed E-state index contributed by atoms with van der Waals surface area (Å²) in [5.74, 6) is -1.27. The summed E-state index contributed by atoms with van der Waals surface area (Å²) >= 11 is 0. The molecule has 0 bridgehead atoms. The van der Waals surface area contributed by atoms with Crippen molar-refractivity contribution in [1.29, 1.82) is 0 Å². The molecule has 0 unspecified atom stereocenters. The summed E-state index contributed by atoms with van der Waals surface area (Å²) in [5, 5.41) is 12.2. The number of carbonyl (C=O) groups is 1. The van der Waals surface area contributed by atoms with Crippen LogP contribution in [0.4, 0.5) is 10.1 Å². The summed E-state index contributed by atoms with van der Waals surface area (Å²) in [7, 11) is 0. The molecule has 0 aliphatic heterocycles. The number of halogens is 1. The molecule has 0 atom stereocenters. The summed E-state index contributed by atoms with van der Waals surface area (Å²) < 4.78 is 13.2. The van der Waals surface area contributed by atoms with E-state index in [0.717, 1.165) is 5.56 Å². The molecule has 0 aromatic heterocycles. The van der Waals surface area contributed by atoms with E-state index in [9.17, 15) is 14.3 Å². The quantitative estimate of drug-likeness (QED) is 0.829. The van der Waals surface area contributed by atoms with Gasteiger partial charge >= 0.3 is 5.97 Å². The van der Waals surface area contributed by atoms with Crippen LogP contribution in [0.5, 0.6) is 0 Å². The fourth-order valence-electron chi connectivity index (χ4n) is 1.87. The van der Waals surface area contributed by atoms with Gasteiger partial charge in [-0.2, -0.15) is 0 Å². The van der Waals surface area contributed by atoms with Crippen molar-refractivity contribution in [1.82, 2.24) is 0 Å². The largest absolute Gasteiger partial charge is 0.480 e. The fraction of sp³-hybridized carbons (Fsp3) is 0.462. The smallest absolute Gasteiger partial charge is 0.329 e. The molecule has 0 fully saturated rings. The van der Waals surface area contributed by atoms with Gasteiger partial charge in [-0.15, -0.1) is 0 Å². The van der Waals surface area contributed by atoms with Crippen LogP contribution in [0.3, 0.4) is 0 Å². The molecule has 0 aliphatic rings. The number of benzene rings is 1. The third-order valence-electron chi connectivity index (χ3n) is 3.04. The first kappa shape index (κ1) is 13.5. The highest BCUT2D eigenvalue weighted by Crippen LogP contribution is 2.24. The van der Waals surface area contributed by atoms with E-state index in [1.807, 2.05) is 0 Å². The molecule has 3 nitrogen and oxygen atoms in total. The summed E-state index contributed by atoms with van der Waals surface area (Å²) in [6, 6.07) is 4.47. The summed E-state index contributed by atoms with van der Waals surface area (Å²) in [5.41, 5.74) is 0.243. The molecular formula is C13H18FNO2. The third kappa shape index (κ3) is 2.96. The van der Waals surface area contributed by atoms with Crippen molar-refractivity contribution in [3.63, 3.8) is 0 Å². The van der Waals surface area contributed by atoms with Gasteiger partial charge in [0, 0.05) is 5.69 Å². The lowest BCUT2D eigenvalue weighted by molar-refractivity contribution is -0.142. The van der Waals surface area contributed by atoms with E-state index in [0.29, 0.717) is 18.5 Å². The highest BCUT2D eigenvalue weighted by molar-refractivity contribution is 5.82. The van der Waals surface area contributed by atoms with Crippen LogP contribution in [-0.2, 0) is 4.79 Å². The molecule has 4 heteroatoms. The van der Waals surface area contributed by atoms with Crippen molar-refractivity contribution in [2.24, 2.45) is 0 Å². The Balaban J connectivity index is 3.05. The lowest BCUT2D eigenvalue weighted by Crippen LogP contribution is -2.45. The van der Waals surface area contributed by atoms with Crippen molar-refractivity contribution in [2.45, 2.75) is 39.2 Å². The van der Waals surface area contributed by atoms with Crippen molar-refractivity contribution < 1.29 is 14.3 Å². The van der Waals surface area contributed by atoms with Gasteiger partial charge in [-0.3, -0.25) is 0 Å². The van der Waals surface area contributed by atoms with E-state index in [-0.39, 0.29) is 5.82 Å². The third-order valence-corrected chi connectivity index (χ3v) is 3.04. The highest BCUT2D eigenvalue weighted by atomic mass is 19.1. The van der Waals surface area contributed by atoms with E-state index < -0.39 is 11.5 Å². The van der Waals surface area contributed by atoms with Crippen LogP contribution in [0.2, 0.25) is 0 Å². The van der Waals surface area contributed by atoms with E-state index >= 15 is 0 Å². The first-order valence-corrected chi connectivity index (χ1v) is 5.72. The van der Waals surface area contributed by atoms with Crippen LogP contribution >= 0.6 is 0 Å². The monoisotopic (exact) mass is 239 g/mol. The topological polar surface area (TPSA) is 49.3 Å². The minimum Gasteiger partial charge on any atom is -0.480 e. The maximum Gasteiger partial charge on any atom is 0.329 e. The standard InChI is InChI=1S/C13H18FNO2/c1-4-13(5-2,12(16)17)15-11-7-9(3)6-10(14)8-11/h6-8,15H,4-5H2,1-3H3,(H,16,17). The summed E-state index contributed by atoms with van der Waals surface area (Å²) in [4.78, 5) is 11.3. The lowest BCUT2D eigenvalue weighted by Gasteiger charge is -2.29. The maximum atomic E-state index is 13.2. The van der Waals surface area contributed by atoms with Crippen LogP contribution < -0.4 is 5.32 Å². The molecule has 0 spiro atoms. The second kappa shape index (κ2) is 5.17. The van der Waals surface area contributed by atoms with Gasteiger partial charge in [-0.1, -0.05) is 13.8 Å². The average molecular weight is 239 g/mol. The first-order chi connectivity index (χ1) is 7.93. The number of hydrogen-bond acceptors (Lipinski definition) is 2. The van der Waals surface area contributed by atoms with E-state index in [2.05, 4.69) is 5.32 Å². The van der Waals surface area contributed by atoms with E-state index in [1.54, 1.807) is 26.8 Å². The van der Waals surface area contributed by atoms with Crippen LogP contribution in [0.15, 0.2) is 18.2 Å². The summed E-state index contributed by atoms with van der Waals surface area (Å²) in [6.07, 6.45) is 0.878. The van der Waals surface area contributed by atoms with Gasteiger partial charge in [-0.25, -0.2) is 9.18 Å². The molecular weight excluding hydrogens is 221 g/mol. The van der Waals surface area contributed by atoms with Crippen LogP contribution in [0.1, 0.15) is 32.3 Å². The number of aliphatic carboxylic acids is 1. The van der Waals surface area contributed by atoms with E-state index in [1.165, 1.54) is 12.1 Å². The van der Waals surface area contributed by atoms with Gasteiger partial charge in [0.1, 0.15) is 11.4 Å². The van der Waals surface area contributed by atoms with Crippen molar-refractivity contribution in [3.8, 4) is 0 Å². The molecule has 17 heavy (non-hydrogen) atoms. The fourth-order valence-corrected chi connectivity index (χ4v) is 1.87. The van der Waals surface area contributed by atoms with Crippen molar-refractivity contribution in [2.75, 3.05) is 5.32 Å². The number of carboxylic acid groups (broad SMARTS) is 1. The Kier molecular flexibility index (Phi) is 4.10. The number of hydrogen-bond donors (Lipinski definition) is 2. The van der Waals surface area contributed by atoms with Crippen LogP contribution in [0, 0.1) is 12.7 Å². The minimum absolute atomic E-state index is 0.362. The van der Waals surface area contributed by atoms with Gasteiger partial charge in [0.25, 0.3) is 0 Å². The van der Waals surface area contributed by atoms with Gasteiger partial charge in [0.05, 0.1) is 0 Å². The van der Waals surface area contributed by atoms with Crippen molar-refractivity contribution >= 4 is 11.7 Å². The Morgan fingerprint density at radius 2 is 1.94 bits per heavy atom. The zero-order valence-corrected chi connectivity index (χ0v) is 10.4. The predicted molar refractivity (Wildman–Crippen MR) is 65.7 cm³/mol. The van der Waals surface area contributed by atoms with Gasteiger partial charge in [0.2, 0.25) is 0 Å². The first-order valence-electron chi connectivity index (χ1n) is 5.72. The number of rotatable bonds is 5. The van der Waals surface area contributed by atoms with Gasteiger partial charge in [0.15, 0.2) is 0 Å². The molecule has 0 saturated carbocycles. The Labute approximate surface area is 101 Å². The van der Waals surface area contributed by atoms with Gasteiger partial charge in [-0.05, 0) is 43.5 Å². The Morgan fingerprint density at radius 1 is 1.35 bits per heavy atom. The Bertz CT molecular complexity index is 394. The second-order valence-electron chi connectivity index (χ2n) is 4.24. The normalized spacial score (nSPS) is 11.3. The molecule has 0 radical (unpaired) electrons. The van der Waals surface area contributed by atoms with Crippen LogP contribution in [-0.4, -0.2) is 16.6 Å². The number of anilines is 1. The molecule has 1 rings (SSSR count). The maximum absolute atomic E-state index is 13.2. The SMILES string of the molecule is CCC(CC)(Nc1cc(C)cc(F)c1)C(=O)O. The zero-order valence-electron chi connectivity index (χ0n) is 10.4. The van der Waals surface area contributed by atoms with Gasteiger partial charge < -0.3 is 10.4 Å². The highest BCUT2D eigenvalue weighted by Gasteiger charge is 2.34. The molecule has 0 amide bonds. The number of carboxylic acids is 1. The predicted octanol–water partition coefficient (Wildman–Crippen LogP) is 3.19. The molecule has 0 heterocycles. The number of aryl methyl sites for hydroxylation is 1. The van der Waals surface area contributed by atoms with E-state index in [4.69, 9.17) is 0 Å². The average Bonchev–Trinajstić information content (AvgIpc) is 2.24. The molecule has 1 aromatic rings. The molecule has 2 N–H and O–H groups in total. The van der Waals surface area contributed by atoms with Crippen LogP contribution in [0.25, 0.3) is 0 Å². The Hall–Kier alpha value is -1.58. The lowest BCUT2D eigenvalue weighted by atomic mass is 9.92.